The van der Waals surface area contributed by atoms with E-state index in [4.69, 9.17) is 10.5 Å². The van der Waals surface area contributed by atoms with Gasteiger partial charge < -0.3 is 10.5 Å². The first-order chi connectivity index (χ1) is 9.02. The van der Waals surface area contributed by atoms with Gasteiger partial charge >= 0.3 is 5.97 Å². The van der Waals surface area contributed by atoms with Gasteiger partial charge in [-0.2, -0.15) is 4.68 Å². The van der Waals surface area contributed by atoms with Gasteiger partial charge in [0.2, 0.25) is 5.69 Å². The van der Waals surface area contributed by atoms with E-state index in [9.17, 15) is 4.79 Å². The summed E-state index contributed by atoms with van der Waals surface area (Å²) in [6.45, 7) is 5.96. The second-order valence-corrected chi connectivity index (χ2v) is 4.30. The third kappa shape index (κ3) is 2.57. The highest BCUT2D eigenvalue weighted by atomic mass is 16.5. The molecule has 0 aliphatic heterocycles. The zero-order valence-electron chi connectivity index (χ0n) is 11.2. The molecule has 0 saturated carbocycles. The van der Waals surface area contributed by atoms with Crippen molar-refractivity contribution in [2.24, 2.45) is 0 Å². The number of hydrogen-bond acceptors (Lipinski definition) is 5. The van der Waals surface area contributed by atoms with Crippen molar-refractivity contribution in [3.63, 3.8) is 0 Å². The summed E-state index contributed by atoms with van der Waals surface area (Å²) in [6, 6.07) is 5.89. The van der Waals surface area contributed by atoms with E-state index >= 15 is 0 Å². The van der Waals surface area contributed by atoms with Gasteiger partial charge in [0.25, 0.3) is 0 Å². The zero-order valence-corrected chi connectivity index (χ0v) is 11.2. The van der Waals surface area contributed by atoms with Crippen molar-refractivity contribution in [2.75, 3.05) is 12.3 Å². The minimum atomic E-state index is -0.560. The van der Waals surface area contributed by atoms with Crippen LogP contribution in [0.4, 0.5) is 5.82 Å². The molecule has 6 heteroatoms. The van der Waals surface area contributed by atoms with Gasteiger partial charge in [0.05, 0.1) is 12.3 Å². The van der Waals surface area contributed by atoms with Gasteiger partial charge in [-0.1, -0.05) is 11.3 Å². The normalized spacial score (nSPS) is 10.5. The van der Waals surface area contributed by atoms with Crippen molar-refractivity contribution in [2.45, 2.75) is 20.8 Å². The number of carbonyl (C=O) groups excluding carboxylic acids is 1. The molecule has 0 bridgehead atoms. The van der Waals surface area contributed by atoms with Crippen LogP contribution >= 0.6 is 0 Å². The van der Waals surface area contributed by atoms with Crippen molar-refractivity contribution >= 4 is 11.8 Å². The number of aryl methyl sites for hydroxylation is 2. The molecular weight excluding hydrogens is 244 g/mol. The summed E-state index contributed by atoms with van der Waals surface area (Å²) in [5.74, 6) is -0.376. The molecule has 2 rings (SSSR count). The Morgan fingerprint density at radius 3 is 2.53 bits per heavy atom. The van der Waals surface area contributed by atoms with Crippen LogP contribution in [-0.2, 0) is 4.74 Å². The van der Waals surface area contributed by atoms with Gasteiger partial charge in [0.1, 0.15) is 0 Å². The van der Waals surface area contributed by atoms with Crippen LogP contribution in [0.2, 0.25) is 0 Å². The Balaban J connectivity index is 2.44. The monoisotopic (exact) mass is 260 g/mol. The smallest absolute Gasteiger partial charge is 0.362 e. The first-order valence-electron chi connectivity index (χ1n) is 6.00. The highest BCUT2D eigenvalue weighted by Gasteiger charge is 2.19. The van der Waals surface area contributed by atoms with Crippen molar-refractivity contribution in [1.82, 2.24) is 15.0 Å². The number of ether oxygens (including phenoxy) is 1. The summed E-state index contributed by atoms with van der Waals surface area (Å²) in [6.07, 6.45) is 0. The lowest BCUT2D eigenvalue weighted by molar-refractivity contribution is 0.0520. The van der Waals surface area contributed by atoms with E-state index in [0.29, 0.717) is 0 Å². The van der Waals surface area contributed by atoms with E-state index in [1.165, 1.54) is 4.68 Å². The number of anilines is 1. The fraction of sp³-hybridized carbons (Fsp3) is 0.308. The quantitative estimate of drug-likeness (QED) is 0.848. The van der Waals surface area contributed by atoms with Crippen LogP contribution in [0.25, 0.3) is 5.69 Å². The predicted molar refractivity (Wildman–Crippen MR) is 71.2 cm³/mol. The van der Waals surface area contributed by atoms with Crippen LogP contribution in [0, 0.1) is 13.8 Å². The van der Waals surface area contributed by atoms with Crippen molar-refractivity contribution in [3.8, 4) is 5.69 Å². The fourth-order valence-corrected chi connectivity index (χ4v) is 1.90. The standard InChI is InChI=1S/C13H16N4O2/c1-4-19-13(18)11-12(14)17(16-15-11)10-6-8(2)5-9(3)7-10/h5-7H,4,14H2,1-3H3. The Bertz CT molecular complexity index is 599. The molecule has 0 aliphatic rings. The zero-order chi connectivity index (χ0) is 14.0. The third-order valence-electron chi connectivity index (χ3n) is 2.62. The van der Waals surface area contributed by atoms with E-state index in [1.807, 2.05) is 32.0 Å². The maximum atomic E-state index is 11.6. The number of benzene rings is 1. The second kappa shape index (κ2) is 5.09. The van der Waals surface area contributed by atoms with Crippen LogP contribution in [0.5, 0.6) is 0 Å². The van der Waals surface area contributed by atoms with Crippen molar-refractivity contribution in [1.29, 1.82) is 0 Å². The van der Waals surface area contributed by atoms with E-state index in [-0.39, 0.29) is 18.1 Å². The molecule has 1 heterocycles. The fourth-order valence-electron chi connectivity index (χ4n) is 1.90. The lowest BCUT2D eigenvalue weighted by Crippen LogP contribution is -2.09. The maximum Gasteiger partial charge on any atom is 0.362 e. The Kier molecular flexibility index (Phi) is 3.50. The van der Waals surface area contributed by atoms with Gasteiger partial charge in [-0.05, 0) is 44.0 Å². The van der Waals surface area contributed by atoms with E-state index < -0.39 is 5.97 Å². The summed E-state index contributed by atoms with van der Waals surface area (Å²) in [4.78, 5) is 11.6. The SMILES string of the molecule is CCOC(=O)c1nnn(-c2cc(C)cc(C)c2)c1N. The first-order valence-corrected chi connectivity index (χ1v) is 6.00. The molecule has 0 radical (unpaired) electrons. The summed E-state index contributed by atoms with van der Waals surface area (Å²) in [7, 11) is 0. The Labute approximate surface area is 111 Å². The number of nitrogen functional groups attached to an aromatic ring is 1. The van der Waals surface area contributed by atoms with Crippen molar-refractivity contribution < 1.29 is 9.53 Å². The van der Waals surface area contributed by atoms with Gasteiger partial charge in [0, 0.05) is 0 Å². The van der Waals surface area contributed by atoms with Crippen LogP contribution < -0.4 is 5.73 Å². The molecule has 0 aliphatic carbocycles. The first kappa shape index (κ1) is 13.1. The van der Waals surface area contributed by atoms with Crippen LogP contribution in [0.1, 0.15) is 28.5 Å². The molecule has 2 aromatic rings. The highest BCUT2D eigenvalue weighted by molar-refractivity contribution is 5.92. The highest BCUT2D eigenvalue weighted by Crippen LogP contribution is 2.18. The van der Waals surface area contributed by atoms with E-state index in [0.717, 1.165) is 16.8 Å². The van der Waals surface area contributed by atoms with Gasteiger partial charge in [-0.3, -0.25) is 0 Å². The molecular formula is C13H16N4O2. The largest absolute Gasteiger partial charge is 0.461 e. The molecule has 0 amide bonds. The number of rotatable bonds is 3. The van der Waals surface area contributed by atoms with Crippen molar-refractivity contribution in [3.05, 3.63) is 35.0 Å². The molecule has 0 unspecified atom stereocenters. The molecule has 0 atom stereocenters. The lowest BCUT2D eigenvalue weighted by Gasteiger charge is -2.06. The van der Waals surface area contributed by atoms with Crippen LogP contribution in [0.15, 0.2) is 18.2 Å². The maximum absolute atomic E-state index is 11.6. The number of esters is 1. The topological polar surface area (TPSA) is 83.0 Å². The molecule has 0 fully saturated rings. The molecule has 19 heavy (non-hydrogen) atoms. The summed E-state index contributed by atoms with van der Waals surface area (Å²) >= 11 is 0. The van der Waals surface area contributed by atoms with Gasteiger partial charge in [-0.25, -0.2) is 4.79 Å². The minimum Gasteiger partial charge on any atom is -0.461 e. The molecule has 0 saturated heterocycles. The lowest BCUT2D eigenvalue weighted by atomic mass is 10.1. The minimum absolute atomic E-state index is 0.0426. The average molecular weight is 260 g/mol. The summed E-state index contributed by atoms with van der Waals surface area (Å²) < 4.78 is 6.31. The number of carbonyl (C=O) groups is 1. The molecule has 6 nitrogen and oxygen atoms in total. The Morgan fingerprint density at radius 2 is 1.95 bits per heavy atom. The number of nitrogens with two attached hydrogens (primary N) is 1. The third-order valence-corrected chi connectivity index (χ3v) is 2.62. The summed E-state index contributed by atoms with van der Waals surface area (Å²) in [5.41, 5.74) is 8.89. The average Bonchev–Trinajstić information content (AvgIpc) is 2.70. The van der Waals surface area contributed by atoms with Crippen LogP contribution in [-0.4, -0.2) is 27.6 Å². The molecule has 1 aromatic heterocycles. The molecule has 100 valence electrons. The number of hydrogen-bond donors (Lipinski definition) is 1. The molecule has 1 aromatic carbocycles. The number of aromatic nitrogens is 3. The van der Waals surface area contributed by atoms with E-state index in [1.54, 1.807) is 6.92 Å². The predicted octanol–water partition coefficient (Wildman–Crippen LogP) is 1.64. The van der Waals surface area contributed by atoms with E-state index in [2.05, 4.69) is 10.3 Å². The second-order valence-electron chi connectivity index (χ2n) is 4.30. The van der Waals surface area contributed by atoms with Crippen LogP contribution in [0.3, 0.4) is 0 Å². The summed E-state index contributed by atoms with van der Waals surface area (Å²) in [5, 5.41) is 7.70. The molecule has 0 spiro atoms. The molecule has 2 N–H and O–H groups in total. The van der Waals surface area contributed by atoms with Gasteiger partial charge in [-0.15, -0.1) is 5.10 Å². The Morgan fingerprint density at radius 1 is 1.32 bits per heavy atom. The Hall–Kier alpha value is -2.37. The van der Waals surface area contributed by atoms with Gasteiger partial charge in [0.15, 0.2) is 5.82 Å². The number of nitrogens with zero attached hydrogens (tertiary/aromatic N) is 3.